The van der Waals surface area contributed by atoms with E-state index < -0.39 is 0 Å². The lowest BCUT2D eigenvalue weighted by Gasteiger charge is -2.60. The molecule has 5 aliphatic rings. The number of hydrogen-bond acceptors (Lipinski definition) is 1. The molecule has 94 valence electrons. The van der Waals surface area contributed by atoms with Crippen molar-refractivity contribution in [1.29, 1.82) is 0 Å². The lowest BCUT2D eigenvalue weighted by atomic mass is 9.44. The van der Waals surface area contributed by atoms with E-state index in [1.165, 1.54) is 5.75 Å². The maximum Gasteiger partial charge on any atom is 0.0115 e. The molecule has 0 nitrogen and oxygen atoms in total. The number of benzene rings is 1. The van der Waals surface area contributed by atoms with Crippen molar-refractivity contribution in [2.45, 2.75) is 42.4 Å². The molecule has 6 rings (SSSR count). The monoisotopic (exact) mass is 256 g/mol. The standard InChI is InChI=1S/C17H20S/c1-2-4-16-15(3-1)17(10-18-16)13-6-11-5-12(8-13)9-14(17)7-11/h1-4,11-14H,5-10H2. The highest BCUT2D eigenvalue weighted by molar-refractivity contribution is 7.99. The molecule has 1 aliphatic heterocycles. The molecule has 4 aliphatic carbocycles. The first-order valence-electron chi connectivity index (χ1n) is 7.58. The molecule has 1 spiro atoms. The zero-order valence-electron chi connectivity index (χ0n) is 10.8. The van der Waals surface area contributed by atoms with Gasteiger partial charge in [0, 0.05) is 16.1 Å². The average molecular weight is 256 g/mol. The second-order valence-corrected chi connectivity index (χ2v) is 8.15. The Morgan fingerprint density at radius 2 is 1.56 bits per heavy atom. The molecule has 1 heterocycles. The SMILES string of the molecule is c1ccc2c(c1)SCC21C2CC3CC(C2)CC1C3. The first-order valence-corrected chi connectivity index (χ1v) is 8.57. The lowest BCUT2D eigenvalue weighted by Crippen LogP contribution is -2.55. The quantitative estimate of drug-likeness (QED) is 0.659. The topological polar surface area (TPSA) is 0 Å². The van der Waals surface area contributed by atoms with Gasteiger partial charge in [-0.25, -0.2) is 0 Å². The van der Waals surface area contributed by atoms with Gasteiger partial charge in [0.2, 0.25) is 0 Å². The van der Waals surface area contributed by atoms with Crippen molar-refractivity contribution in [3.05, 3.63) is 29.8 Å². The van der Waals surface area contributed by atoms with Gasteiger partial charge >= 0.3 is 0 Å². The van der Waals surface area contributed by atoms with Gasteiger partial charge in [0.15, 0.2) is 0 Å². The van der Waals surface area contributed by atoms with Crippen LogP contribution in [0.2, 0.25) is 0 Å². The molecule has 0 unspecified atom stereocenters. The Labute approximate surface area is 114 Å². The summed E-state index contributed by atoms with van der Waals surface area (Å²) in [4.78, 5) is 1.60. The molecular formula is C17H20S. The third-order valence-corrected chi connectivity index (χ3v) is 7.74. The van der Waals surface area contributed by atoms with Crippen molar-refractivity contribution in [1.82, 2.24) is 0 Å². The Hall–Kier alpha value is -0.430. The van der Waals surface area contributed by atoms with Crippen LogP contribution in [-0.4, -0.2) is 5.75 Å². The van der Waals surface area contributed by atoms with Gasteiger partial charge in [0.25, 0.3) is 0 Å². The van der Waals surface area contributed by atoms with Crippen LogP contribution in [0.4, 0.5) is 0 Å². The Bertz CT molecular complexity index is 476. The van der Waals surface area contributed by atoms with E-state index in [0.717, 1.165) is 23.7 Å². The summed E-state index contributed by atoms with van der Waals surface area (Å²) in [6.45, 7) is 0. The van der Waals surface area contributed by atoms with Crippen LogP contribution in [0.15, 0.2) is 29.2 Å². The van der Waals surface area contributed by atoms with E-state index in [0.29, 0.717) is 5.41 Å². The van der Waals surface area contributed by atoms with Crippen molar-refractivity contribution >= 4 is 11.8 Å². The molecule has 0 N–H and O–H groups in total. The minimum atomic E-state index is 0.592. The predicted octanol–water partition coefficient (Wildman–Crippen LogP) is 4.49. The van der Waals surface area contributed by atoms with Gasteiger partial charge in [0.05, 0.1) is 0 Å². The first kappa shape index (κ1) is 10.4. The lowest BCUT2D eigenvalue weighted by molar-refractivity contribution is -0.0494. The largest absolute Gasteiger partial charge is 0.125 e. The van der Waals surface area contributed by atoms with Crippen molar-refractivity contribution < 1.29 is 0 Å². The molecule has 0 amide bonds. The Balaban J connectivity index is 1.68. The van der Waals surface area contributed by atoms with Crippen molar-refractivity contribution in [3.8, 4) is 0 Å². The van der Waals surface area contributed by atoms with Crippen LogP contribution in [0.25, 0.3) is 0 Å². The molecule has 1 aromatic rings. The van der Waals surface area contributed by atoms with Gasteiger partial charge in [-0.1, -0.05) is 18.2 Å². The summed E-state index contributed by atoms with van der Waals surface area (Å²) in [6, 6.07) is 9.32. The number of thioether (sulfide) groups is 1. The molecule has 0 saturated heterocycles. The van der Waals surface area contributed by atoms with Crippen LogP contribution in [0.1, 0.15) is 37.7 Å². The van der Waals surface area contributed by atoms with Gasteiger partial charge in [-0.05, 0) is 67.4 Å². The predicted molar refractivity (Wildman–Crippen MR) is 75.9 cm³/mol. The van der Waals surface area contributed by atoms with Crippen LogP contribution >= 0.6 is 11.8 Å². The van der Waals surface area contributed by atoms with E-state index in [1.54, 1.807) is 42.6 Å². The third kappa shape index (κ3) is 1.11. The van der Waals surface area contributed by atoms with Crippen molar-refractivity contribution in [2.75, 3.05) is 5.75 Å². The minimum Gasteiger partial charge on any atom is -0.125 e. The fourth-order valence-electron chi connectivity index (χ4n) is 5.95. The van der Waals surface area contributed by atoms with Gasteiger partial charge < -0.3 is 0 Å². The fraction of sp³-hybridized carbons (Fsp3) is 0.647. The molecule has 4 bridgehead atoms. The summed E-state index contributed by atoms with van der Waals surface area (Å²) in [7, 11) is 0. The number of fused-ring (bicyclic) bond motifs is 1. The summed E-state index contributed by atoms with van der Waals surface area (Å²) >= 11 is 2.15. The van der Waals surface area contributed by atoms with Crippen LogP contribution in [0.5, 0.6) is 0 Å². The first-order chi connectivity index (χ1) is 8.86. The molecule has 1 heteroatoms. The molecule has 18 heavy (non-hydrogen) atoms. The van der Waals surface area contributed by atoms with Gasteiger partial charge in [-0.15, -0.1) is 11.8 Å². The zero-order valence-corrected chi connectivity index (χ0v) is 11.6. The summed E-state index contributed by atoms with van der Waals surface area (Å²) in [5.41, 5.74) is 2.33. The summed E-state index contributed by atoms with van der Waals surface area (Å²) < 4.78 is 0. The van der Waals surface area contributed by atoms with Gasteiger partial charge in [0.1, 0.15) is 0 Å². The van der Waals surface area contributed by atoms with Crippen LogP contribution in [0, 0.1) is 23.7 Å². The maximum atomic E-state index is 2.46. The molecule has 4 fully saturated rings. The second kappa shape index (κ2) is 3.36. The molecular weight excluding hydrogens is 236 g/mol. The molecule has 0 atom stereocenters. The zero-order chi connectivity index (χ0) is 11.7. The Morgan fingerprint density at radius 3 is 2.28 bits per heavy atom. The molecule has 0 aromatic heterocycles. The normalized spacial score (nSPS) is 47.8. The molecule has 1 aromatic carbocycles. The van der Waals surface area contributed by atoms with Gasteiger partial charge in [-0.2, -0.15) is 0 Å². The van der Waals surface area contributed by atoms with E-state index in [2.05, 4.69) is 36.0 Å². The number of hydrogen-bond donors (Lipinski definition) is 0. The van der Waals surface area contributed by atoms with E-state index >= 15 is 0 Å². The van der Waals surface area contributed by atoms with Crippen molar-refractivity contribution in [3.63, 3.8) is 0 Å². The minimum absolute atomic E-state index is 0.592. The van der Waals surface area contributed by atoms with Crippen LogP contribution in [-0.2, 0) is 5.41 Å². The van der Waals surface area contributed by atoms with E-state index in [4.69, 9.17) is 0 Å². The summed E-state index contributed by atoms with van der Waals surface area (Å²) in [6.07, 6.45) is 7.74. The fourth-order valence-corrected chi connectivity index (χ4v) is 7.56. The smallest absolute Gasteiger partial charge is 0.0115 e. The van der Waals surface area contributed by atoms with Crippen molar-refractivity contribution in [2.24, 2.45) is 23.7 Å². The highest BCUT2D eigenvalue weighted by Gasteiger charge is 2.59. The molecule has 4 saturated carbocycles. The summed E-state index contributed by atoms with van der Waals surface area (Å²) in [5.74, 6) is 5.61. The van der Waals surface area contributed by atoms with E-state index in [-0.39, 0.29) is 0 Å². The van der Waals surface area contributed by atoms with Gasteiger partial charge in [-0.3, -0.25) is 0 Å². The molecule has 0 radical (unpaired) electrons. The second-order valence-electron chi connectivity index (χ2n) is 7.13. The highest BCUT2D eigenvalue weighted by atomic mass is 32.2. The summed E-state index contributed by atoms with van der Waals surface area (Å²) in [5, 5.41) is 0. The van der Waals surface area contributed by atoms with E-state index in [1.807, 2.05) is 0 Å². The third-order valence-electron chi connectivity index (χ3n) is 6.45. The number of rotatable bonds is 0. The average Bonchev–Trinajstić information content (AvgIpc) is 2.76. The van der Waals surface area contributed by atoms with Crippen LogP contribution < -0.4 is 0 Å². The Kier molecular flexibility index (Phi) is 1.94. The van der Waals surface area contributed by atoms with Crippen LogP contribution in [0.3, 0.4) is 0 Å². The highest BCUT2D eigenvalue weighted by Crippen LogP contribution is 2.66. The van der Waals surface area contributed by atoms with E-state index in [9.17, 15) is 0 Å². The Morgan fingerprint density at radius 1 is 0.889 bits per heavy atom. The maximum absolute atomic E-state index is 2.46.